The van der Waals surface area contributed by atoms with Crippen LogP contribution in [0.3, 0.4) is 0 Å². The van der Waals surface area contributed by atoms with Gasteiger partial charge in [-0.15, -0.1) is 11.3 Å². The Kier molecular flexibility index (Phi) is 6.92. The maximum Gasteiger partial charge on any atom is 0.208 e. The van der Waals surface area contributed by atoms with E-state index >= 15 is 0 Å². The zero-order valence-electron chi connectivity index (χ0n) is 14.8. The third-order valence-electron chi connectivity index (χ3n) is 3.84. The van der Waals surface area contributed by atoms with Crippen LogP contribution in [0.25, 0.3) is 11.3 Å². The molecule has 0 amide bonds. The molecule has 0 aliphatic heterocycles. The summed E-state index contributed by atoms with van der Waals surface area (Å²) in [4.78, 5) is 20.8. The molecule has 3 rings (SSSR count). The summed E-state index contributed by atoms with van der Waals surface area (Å²) in [7, 11) is 1.29. The predicted molar refractivity (Wildman–Crippen MR) is 112 cm³/mol. The van der Waals surface area contributed by atoms with Gasteiger partial charge in [0.2, 0.25) is 5.78 Å². The van der Waals surface area contributed by atoms with Gasteiger partial charge in [0, 0.05) is 5.56 Å². The Morgan fingerprint density at radius 1 is 1.31 bits per heavy atom. The second-order valence-corrected chi connectivity index (χ2v) is 7.93. The molecular weight excluding hydrogens is 464 g/mol. The SMILES string of the molecule is COc1c(Cl)ccc(-c2cc(N)c(Cl)c(C(=O)COCc3ncsc3Cl)n2)c1F. The highest BCUT2D eigenvalue weighted by molar-refractivity contribution is 7.14. The smallest absolute Gasteiger partial charge is 0.208 e. The zero-order valence-corrected chi connectivity index (χ0v) is 17.9. The Morgan fingerprint density at radius 2 is 2.07 bits per heavy atom. The molecule has 152 valence electrons. The van der Waals surface area contributed by atoms with Gasteiger partial charge in [-0.05, 0) is 18.2 Å². The molecule has 2 aromatic heterocycles. The third-order valence-corrected chi connectivity index (χ3v) is 5.68. The highest BCUT2D eigenvalue weighted by Gasteiger charge is 2.21. The first-order chi connectivity index (χ1) is 13.8. The lowest BCUT2D eigenvalue weighted by Crippen LogP contribution is -2.13. The van der Waals surface area contributed by atoms with Crippen LogP contribution < -0.4 is 10.5 Å². The fraction of sp³-hybridized carbons (Fsp3) is 0.167. The molecule has 0 atom stereocenters. The Bertz CT molecular complexity index is 1080. The fourth-order valence-corrected chi connectivity index (χ4v) is 3.62. The number of thiazole rings is 1. The van der Waals surface area contributed by atoms with Crippen LogP contribution in [0.1, 0.15) is 16.2 Å². The van der Waals surface area contributed by atoms with Gasteiger partial charge in [-0.2, -0.15) is 0 Å². The molecule has 11 heteroatoms. The van der Waals surface area contributed by atoms with Crippen LogP contribution >= 0.6 is 46.1 Å². The number of hydrogen-bond acceptors (Lipinski definition) is 7. The second kappa shape index (κ2) is 9.23. The number of nitrogen functional groups attached to an aromatic ring is 1. The number of carbonyl (C=O) groups excluding carboxylic acids is 1. The molecule has 29 heavy (non-hydrogen) atoms. The van der Waals surface area contributed by atoms with Crippen LogP contribution in [0, 0.1) is 5.82 Å². The minimum absolute atomic E-state index is 0.0455. The second-order valence-electron chi connectivity index (χ2n) is 5.69. The van der Waals surface area contributed by atoms with Gasteiger partial charge in [0.1, 0.15) is 16.6 Å². The van der Waals surface area contributed by atoms with Crippen molar-refractivity contribution in [2.24, 2.45) is 0 Å². The molecule has 1 aromatic carbocycles. The number of ketones is 1. The van der Waals surface area contributed by atoms with Gasteiger partial charge in [0.15, 0.2) is 11.6 Å². The molecule has 2 N–H and O–H groups in total. The van der Waals surface area contributed by atoms with Gasteiger partial charge in [-0.1, -0.05) is 34.8 Å². The lowest BCUT2D eigenvalue weighted by Gasteiger charge is -2.12. The lowest BCUT2D eigenvalue weighted by atomic mass is 10.1. The molecule has 0 saturated carbocycles. The van der Waals surface area contributed by atoms with Gasteiger partial charge < -0.3 is 15.2 Å². The minimum Gasteiger partial charge on any atom is -0.492 e. The number of anilines is 1. The van der Waals surface area contributed by atoms with Crippen molar-refractivity contribution >= 4 is 57.6 Å². The maximum absolute atomic E-state index is 14.7. The summed E-state index contributed by atoms with van der Waals surface area (Å²) in [6.07, 6.45) is 0. The van der Waals surface area contributed by atoms with Crippen LogP contribution in [-0.4, -0.2) is 29.5 Å². The minimum atomic E-state index is -0.734. The van der Waals surface area contributed by atoms with Crippen LogP contribution in [-0.2, 0) is 11.3 Å². The number of ether oxygens (including phenoxy) is 2. The highest BCUT2D eigenvalue weighted by Crippen LogP contribution is 2.36. The number of hydrogen-bond donors (Lipinski definition) is 1. The van der Waals surface area contributed by atoms with Crippen molar-refractivity contribution < 1.29 is 18.7 Å². The molecular formula is C18H13Cl3FN3O3S. The van der Waals surface area contributed by atoms with Gasteiger partial charge >= 0.3 is 0 Å². The number of benzene rings is 1. The van der Waals surface area contributed by atoms with E-state index in [9.17, 15) is 9.18 Å². The molecule has 3 aromatic rings. The first kappa shape index (κ1) is 21.7. The van der Waals surface area contributed by atoms with E-state index in [0.717, 1.165) is 0 Å². The maximum atomic E-state index is 14.7. The van der Waals surface area contributed by atoms with Gasteiger partial charge in [-0.3, -0.25) is 4.79 Å². The standard InChI is InChI=1S/C18H13Cl3FN3O3S/c1-27-17-9(19)3-2-8(15(17)22)11-4-10(23)14(20)16(25-11)13(26)6-28-5-12-18(21)29-7-24-12/h2-4,7H,5-6H2,1H3,(H2,23,25). The van der Waals surface area contributed by atoms with Crippen molar-refractivity contribution in [3.05, 3.63) is 55.3 Å². The Balaban J connectivity index is 1.88. The molecule has 6 nitrogen and oxygen atoms in total. The molecule has 2 heterocycles. The lowest BCUT2D eigenvalue weighted by molar-refractivity contribution is 0.0717. The van der Waals surface area contributed by atoms with E-state index in [4.69, 9.17) is 50.0 Å². The first-order valence-electron chi connectivity index (χ1n) is 8.00. The van der Waals surface area contributed by atoms with Crippen LogP contribution in [0.15, 0.2) is 23.7 Å². The molecule has 0 radical (unpaired) electrons. The van der Waals surface area contributed by atoms with E-state index in [-0.39, 0.29) is 51.6 Å². The summed E-state index contributed by atoms with van der Waals surface area (Å²) < 4.78 is 25.5. The molecule has 0 spiro atoms. The van der Waals surface area contributed by atoms with Crippen molar-refractivity contribution in [1.29, 1.82) is 0 Å². The van der Waals surface area contributed by atoms with Crippen molar-refractivity contribution in [3.63, 3.8) is 0 Å². The van der Waals surface area contributed by atoms with Crippen molar-refractivity contribution in [3.8, 4) is 17.0 Å². The summed E-state index contributed by atoms with van der Waals surface area (Å²) in [5.74, 6) is -1.41. The summed E-state index contributed by atoms with van der Waals surface area (Å²) >= 11 is 19.3. The number of Topliss-reactive ketones (excluding diaryl/α,β-unsaturated/α-hetero) is 1. The van der Waals surface area contributed by atoms with Crippen LogP contribution in [0.4, 0.5) is 10.1 Å². The number of aromatic nitrogens is 2. The molecule has 0 saturated heterocycles. The summed E-state index contributed by atoms with van der Waals surface area (Å²) in [6, 6.07) is 4.22. The largest absolute Gasteiger partial charge is 0.492 e. The average Bonchev–Trinajstić information content (AvgIpc) is 3.09. The number of nitrogens with zero attached hydrogens (tertiary/aromatic N) is 2. The monoisotopic (exact) mass is 475 g/mol. The van der Waals surface area contributed by atoms with E-state index < -0.39 is 11.6 Å². The van der Waals surface area contributed by atoms with E-state index in [1.54, 1.807) is 5.51 Å². The highest BCUT2D eigenvalue weighted by atomic mass is 35.5. The molecule has 0 aliphatic carbocycles. The van der Waals surface area contributed by atoms with Crippen molar-refractivity contribution in [2.45, 2.75) is 6.61 Å². The predicted octanol–water partition coefficient (Wildman–Crippen LogP) is 5.29. The number of methoxy groups -OCH3 is 1. The number of halogens is 4. The number of rotatable bonds is 7. The fourth-order valence-electron chi connectivity index (χ4n) is 2.45. The molecule has 0 aliphatic rings. The molecule has 0 unspecified atom stereocenters. The van der Waals surface area contributed by atoms with Crippen LogP contribution in [0.2, 0.25) is 14.4 Å². The summed E-state index contributed by atoms with van der Waals surface area (Å²) in [5.41, 5.74) is 8.08. The summed E-state index contributed by atoms with van der Waals surface area (Å²) in [6.45, 7) is -0.292. The van der Waals surface area contributed by atoms with E-state index in [0.29, 0.717) is 10.0 Å². The number of carbonyl (C=O) groups is 1. The van der Waals surface area contributed by atoms with Crippen molar-refractivity contribution in [1.82, 2.24) is 9.97 Å². The van der Waals surface area contributed by atoms with Crippen molar-refractivity contribution in [2.75, 3.05) is 19.5 Å². The molecule has 0 fully saturated rings. The van der Waals surface area contributed by atoms with Gasteiger partial charge in [0.25, 0.3) is 0 Å². The Labute approximate surface area is 184 Å². The zero-order chi connectivity index (χ0) is 21.1. The topological polar surface area (TPSA) is 87.3 Å². The van der Waals surface area contributed by atoms with Gasteiger partial charge in [-0.25, -0.2) is 14.4 Å². The summed E-state index contributed by atoms with van der Waals surface area (Å²) in [5, 5.41) is 0.0523. The average molecular weight is 477 g/mol. The first-order valence-corrected chi connectivity index (χ1v) is 10.0. The van der Waals surface area contributed by atoms with E-state index in [1.807, 2.05) is 0 Å². The number of nitrogens with two attached hydrogens (primary N) is 1. The van der Waals surface area contributed by atoms with Crippen LogP contribution in [0.5, 0.6) is 5.75 Å². The molecule has 0 bridgehead atoms. The quantitative estimate of drug-likeness (QED) is 0.466. The Morgan fingerprint density at radius 3 is 2.72 bits per heavy atom. The van der Waals surface area contributed by atoms with Gasteiger partial charge in [0.05, 0.1) is 46.3 Å². The van der Waals surface area contributed by atoms with E-state index in [1.165, 1.54) is 36.6 Å². The third kappa shape index (κ3) is 4.62. The Hall–Kier alpha value is -1.97. The number of pyridine rings is 1. The normalized spacial score (nSPS) is 10.9. The van der Waals surface area contributed by atoms with E-state index in [2.05, 4.69) is 9.97 Å².